The summed E-state index contributed by atoms with van der Waals surface area (Å²) in [4.78, 5) is 25.0. The molecule has 5 heteroatoms. The Balaban J connectivity index is 2.20. The number of rotatable bonds is 7. The molecule has 0 aromatic heterocycles. The van der Waals surface area contributed by atoms with E-state index in [9.17, 15) is 14.7 Å². The summed E-state index contributed by atoms with van der Waals surface area (Å²) in [5, 5.41) is 10.2. The first kappa shape index (κ1) is 15.4. The summed E-state index contributed by atoms with van der Waals surface area (Å²) in [6, 6.07) is 8.50. The van der Waals surface area contributed by atoms with Gasteiger partial charge in [-0.15, -0.1) is 6.58 Å². The van der Waals surface area contributed by atoms with Crippen LogP contribution in [-0.4, -0.2) is 41.7 Å². The number of nitrogens with zero attached hydrogens (tertiary/aromatic N) is 1. The predicted molar refractivity (Wildman–Crippen MR) is 79.0 cm³/mol. The van der Waals surface area contributed by atoms with Crippen LogP contribution >= 0.6 is 0 Å². The van der Waals surface area contributed by atoms with Gasteiger partial charge in [0, 0.05) is 12.1 Å². The fourth-order valence-electron chi connectivity index (χ4n) is 2.50. The zero-order chi connectivity index (χ0) is 15.4. The Bertz CT molecular complexity index is 528. The van der Waals surface area contributed by atoms with Gasteiger partial charge in [-0.1, -0.05) is 24.3 Å². The highest BCUT2D eigenvalue weighted by Crippen LogP contribution is 2.32. The molecule has 0 unspecified atom stereocenters. The Morgan fingerprint density at radius 1 is 1.48 bits per heavy atom. The number of ether oxygens (including phenoxy) is 1. The highest BCUT2D eigenvalue weighted by Gasteiger charge is 2.52. The maximum Gasteiger partial charge on any atom is 0.258 e. The molecule has 1 N–H and O–H groups in total. The van der Waals surface area contributed by atoms with Crippen molar-refractivity contribution in [3.63, 3.8) is 0 Å². The van der Waals surface area contributed by atoms with Crippen LogP contribution in [-0.2, 0) is 14.3 Å². The Kier molecular flexibility index (Phi) is 4.88. The van der Waals surface area contributed by atoms with Gasteiger partial charge >= 0.3 is 0 Å². The number of carbonyl (C=O) groups is 2. The quantitative estimate of drug-likeness (QED) is 0.607. The third-order valence-corrected chi connectivity index (χ3v) is 3.41. The highest BCUT2D eigenvalue weighted by molar-refractivity contribution is 6.05. The fourth-order valence-corrected chi connectivity index (χ4v) is 2.50. The molecule has 0 spiro atoms. The fraction of sp³-hybridized carbons (Fsp3) is 0.375. The third-order valence-electron chi connectivity index (χ3n) is 3.41. The number of amides is 1. The zero-order valence-corrected chi connectivity index (χ0v) is 11.9. The smallest absolute Gasteiger partial charge is 0.258 e. The molecule has 1 fully saturated rings. The van der Waals surface area contributed by atoms with E-state index in [0.717, 1.165) is 0 Å². The second-order valence-electron chi connectivity index (χ2n) is 5.05. The first-order chi connectivity index (χ1) is 10.1. The molecule has 3 atom stereocenters. The van der Waals surface area contributed by atoms with Crippen molar-refractivity contribution >= 4 is 17.4 Å². The van der Waals surface area contributed by atoms with Gasteiger partial charge in [0.2, 0.25) is 0 Å². The SMILES string of the molecule is C=CCO[C@H]1C(=O)N(c2ccccc2)[C@H]1[C@H](O)CC(C)=O. The van der Waals surface area contributed by atoms with Crippen molar-refractivity contribution < 1.29 is 19.4 Å². The van der Waals surface area contributed by atoms with Gasteiger partial charge in [0.25, 0.3) is 5.91 Å². The van der Waals surface area contributed by atoms with E-state index >= 15 is 0 Å². The van der Waals surface area contributed by atoms with Crippen LogP contribution in [0.15, 0.2) is 43.0 Å². The average Bonchev–Trinajstić information content (AvgIpc) is 2.45. The van der Waals surface area contributed by atoms with Crippen molar-refractivity contribution in [3.05, 3.63) is 43.0 Å². The number of para-hydroxylation sites is 1. The normalized spacial score (nSPS) is 22.6. The number of aliphatic hydroxyl groups is 1. The molecule has 1 heterocycles. The molecule has 1 aromatic carbocycles. The number of carbonyl (C=O) groups excluding carboxylic acids is 2. The number of aliphatic hydroxyl groups excluding tert-OH is 1. The van der Waals surface area contributed by atoms with Crippen molar-refractivity contribution in [1.29, 1.82) is 0 Å². The summed E-state index contributed by atoms with van der Waals surface area (Å²) in [7, 11) is 0. The maximum absolute atomic E-state index is 12.2. The molecule has 0 saturated carbocycles. The second kappa shape index (κ2) is 6.65. The molecule has 1 aliphatic rings. The van der Waals surface area contributed by atoms with Crippen LogP contribution < -0.4 is 4.90 Å². The van der Waals surface area contributed by atoms with Crippen molar-refractivity contribution in [2.75, 3.05) is 11.5 Å². The van der Waals surface area contributed by atoms with Gasteiger partial charge < -0.3 is 14.7 Å². The van der Waals surface area contributed by atoms with Gasteiger partial charge in [-0.25, -0.2) is 0 Å². The first-order valence-electron chi connectivity index (χ1n) is 6.84. The average molecular weight is 289 g/mol. The van der Waals surface area contributed by atoms with Gasteiger partial charge in [-0.2, -0.15) is 0 Å². The molecule has 1 saturated heterocycles. The van der Waals surface area contributed by atoms with Crippen molar-refractivity contribution in [1.82, 2.24) is 0 Å². The third kappa shape index (κ3) is 3.20. The number of benzene rings is 1. The van der Waals surface area contributed by atoms with E-state index in [1.54, 1.807) is 18.2 Å². The van der Waals surface area contributed by atoms with E-state index in [4.69, 9.17) is 4.74 Å². The first-order valence-corrected chi connectivity index (χ1v) is 6.84. The van der Waals surface area contributed by atoms with E-state index in [2.05, 4.69) is 6.58 Å². The molecule has 1 amide bonds. The van der Waals surface area contributed by atoms with Gasteiger partial charge in [0.05, 0.1) is 18.8 Å². The molecule has 2 rings (SSSR count). The molecule has 0 bridgehead atoms. The lowest BCUT2D eigenvalue weighted by molar-refractivity contribution is -0.147. The molecule has 112 valence electrons. The van der Waals surface area contributed by atoms with E-state index in [1.807, 2.05) is 18.2 Å². The van der Waals surface area contributed by atoms with E-state index in [-0.39, 0.29) is 24.7 Å². The van der Waals surface area contributed by atoms with Gasteiger partial charge in [-0.05, 0) is 19.1 Å². The van der Waals surface area contributed by atoms with Crippen LogP contribution in [0.1, 0.15) is 13.3 Å². The monoisotopic (exact) mass is 289 g/mol. The summed E-state index contributed by atoms with van der Waals surface area (Å²) in [6.07, 6.45) is -0.143. The van der Waals surface area contributed by atoms with E-state index in [0.29, 0.717) is 5.69 Å². The van der Waals surface area contributed by atoms with Crippen LogP contribution in [0.3, 0.4) is 0 Å². The summed E-state index contributed by atoms with van der Waals surface area (Å²) in [6.45, 7) is 5.18. The highest BCUT2D eigenvalue weighted by atomic mass is 16.5. The van der Waals surface area contributed by atoms with Crippen LogP contribution in [0, 0.1) is 0 Å². The van der Waals surface area contributed by atoms with Gasteiger partial charge in [0.1, 0.15) is 5.78 Å². The summed E-state index contributed by atoms with van der Waals surface area (Å²) in [5.74, 6) is -0.340. The molecular formula is C16H19NO4. The number of hydrogen-bond acceptors (Lipinski definition) is 4. The van der Waals surface area contributed by atoms with Crippen LogP contribution in [0.2, 0.25) is 0 Å². The number of anilines is 1. The van der Waals surface area contributed by atoms with Gasteiger partial charge in [0.15, 0.2) is 6.10 Å². The molecule has 0 radical (unpaired) electrons. The van der Waals surface area contributed by atoms with Crippen molar-refractivity contribution in [2.45, 2.75) is 31.6 Å². The van der Waals surface area contributed by atoms with Crippen LogP contribution in [0.5, 0.6) is 0 Å². The Morgan fingerprint density at radius 2 is 2.14 bits per heavy atom. The van der Waals surface area contributed by atoms with Crippen molar-refractivity contribution in [3.8, 4) is 0 Å². The summed E-state index contributed by atoms with van der Waals surface area (Å²) >= 11 is 0. The largest absolute Gasteiger partial charge is 0.390 e. The lowest BCUT2D eigenvalue weighted by Crippen LogP contribution is -2.70. The number of β-lactam (4-membered cyclic amide) rings is 1. The predicted octanol–water partition coefficient (Wildman–Crippen LogP) is 1.31. The Morgan fingerprint density at radius 3 is 2.71 bits per heavy atom. The minimum absolute atomic E-state index is 0.00473. The number of hydrogen-bond donors (Lipinski definition) is 1. The molecule has 1 aliphatic heterocycles. The maximum atomic E-state index is 12.2. The topological polar surface area (TPSA) is 66.8 Å². The van der Waals surface area contributed by atoms with Crippen LogP contribution in [0.25, 0.3) is 0 Å². The Hall–Kier alpha value is -1.98. The molecule has 0 aliphatic carbocycles. The number of ketones is 1. The standard InChI is InChI=1S/C16H19NO4/c1-3-9-21-15-14(13(19)10-11(2)18)17(16(15)20)12-7-5-4-6-8-12/h3-8,13-15,19H,1,9-10H2,2H3/t13-,14+,15-/m1/s1. The minimum atomic E-state index is -0.949. The molecule has 1 aromatic rings. The summed E-state index contributed by atoms with van der Waals surface area (Å²) in [5.41, 5.74) is 0.688. The number of Topliss-reactive ketones (excluding diaryl/α,β-unsaturated/α-hetero) is 1. The van der Waals surface area contributed by atoms with Gasteiger partial charge in [-0.3, -0.25) is 9.59 Å². The summed E-state index contributed by atoms with van der Waals surface area (Å²) < 4.78 is 5.43. The molecular weight excluding hydrogens is 270 g/mol. The van der Waals surface area contributed by atoms with E-state index in [1.165, 1.54) is 11.8 Å². The minimum Gasteiger partial charge on any atom is -0.390 e. The Labute approximate surface area is 123 Å². The van der Waals surface area contributed by atoms with Crippen LogP contribution in [0.4, 0.5) is 5.69 Å². The zero-order valence-electron chi connectivity index (χ0n) is 11.9. The van der Waals surface area contributed by atoms with Crippen molar-refractivity contribution in [2.24, 2.45) is 0 Å². The molecule has 5 nitrogen and oxygen atoms in total. The lowest BCUT2D eigenvalue weighted by Gasteiger charge is -2.48. The second-order valence-corrected chi connectivity index (χ2v) is 5.05. The lowest BCUT2D eigenvalue weighted by atomic mass is 9.89. The molecule has 21 heavy (non-hydrogen) atoms. The van der Waals surface area contributed by atoms with E-state index < -0.39 is 18.2 Å².